The van der Waals surface area contributed by atoms with E-state index in [-0.39, 0.29) is 12.3 Å². The summed E-state index contributed by atoms with van der Waals surface area (Å²) < 4.78 is 6.77. The summed E-state index contributed by atoms with van der Waals surface area (Å²) in [5, 5.41) is 4.63. The number of nitrogens with two attached hydrogens (primary N) is 1. The first-order valence-electron chi connectivity index (χ1n) is 6.13. The Kier molecular flexibility index (Phi) is 4.24. The summed E-state index contributed by atoms with van der Waals surface area (Å²) in [5.41, 5.74) is 7.78. The van der Waals surface area contributed by atoms with Crippen molar-refractivity contribution in [2.45, 2.75) is 27.0 Å². The second kappa shape index (κ2) is 5.92. The van der Waals surface area contributed by atoms with Crippen molar-refractivity contribution in [3.63, 3.8) is 0 Å². The molecular formula is C13H15ClN4O2. The summed E-state index contributed by atoms with van der Waals surface area (Å²) in [6, 6.07) is 1.70. The number of esters is 1. The molecule has 0 aliphatic heterocycles. The monoisotopic (exact) mass is 294 g/mol. The summed E-state index contributed by atoms with van der Waals surface area (Å²) in [6.07, 6.45) is 3.09. The van der Waals surface area contributed by atoms with Crippen LogP contribution in [-0.2, 0) is 17.9 Å². The summed E-state index contributed by atoms with van der Waals surface area (Å²) in [5.74, 6) is -0.516. The lowest BCUT2D eigenvalue weighted by molar-refractivity contribution is 0.0459. The summed E-state index contributed by atoms with van der Waals surface area (Å²) in [4.78, 5) is 16.0. The zero-order chi connectivity index (χ0) is 14.7. The minimum atomic E-state index is -0.516. The molecule has 0 radical (unpaired) electrons. The van der Waals surface area contributed by atoms with Crippen LogP contribution >= 0.6 is 11.6 Å². The fourth-order valence-corrected chi connectivity index (χ4v) is 1.95. The van der Waals surface area contributed by atoms with E-state index < -0.39 is 5.97 Å². The smallest absolute Gasteiger partial charge is 0.359 e. The van der Waals surface area contributed by atoms with Crippen LogP contribution in [-0.4, -0.2) is 20.7 Å². The molecule has 0 unspecified atom stereocenters. The molecule has 0 bridgehead atoms. The Labute approximate surface area is 121 Å². The largest absolute Gasteiger partial charge is 0.456 e. The highest BCUT2D eigenvalue weighted by Gasteiger charge is 2.20. The molecule has 0 spiro atoms. The number of halogens is 1. The van der Waals surface area contributed by atoms with Gasteiger partial charge in [0.1, 0.15) is 6.61 Å². The van der Waals surface area contributed by atoms with E-state index in [4.69, 9.17) is 22.1 Å². The molecule has 0 amide bonds. The van der Waals surface area contributed by atoms with Gasteiger partial charge in [0.25, 0.3) is 0 Å². The molecule has 0 aromatic carbocycles. The maximum atomic E-state index is 12.1. The Morgan fingerprint density at radius 1 is 1.55 bits per heavy atom. The van der Waals surface area contributed by atoms with Crippen LogP contribution in [0.5, 0.6) is 0 Å². The molecule has 0 aliphatic rings. The van der Waals surface area contributed by atoms with Crippen LogP contribution < -0.4 is 5.73 Å². The molecule has 7 heteroatoms. The standard InChI is InChI=1S/C13H15ClN4O2/c1-3-18-12(11(15)8(2)17-18)13(19)20-7-9-4-5-16-6-10(9)14/h4-6H,3,7,15H2,1-2H3. The molecule has 0 aliphatic carbocycles. The van der Waals surface area contributed by atoms with Crippen molar-refractivity contribution in [3.05, 3.63) is 40.4 Å². The minimum absolute atomic E-state index is 0.0631. The molecule has 2 aromatic rings. The normalized spacial score (nSPS) is 10.6. The van der Waals surface area contributed by atoms with Gasteiger partial charge >= 0.3 is 5.97 Å². The lowest BCUT2D eigenvalue weighted by Crippen LogP contribution is -2.14. The van der Waals surface area contributed by atoms with Gasteiger partial charge in [-0.2, -0.15) is 5.10 Å². The number of pyridine rings is 1. The molecule has 20 heavy (non-hydrogen) atoms. The molecule has 6 nitrogen and oxygen atoms in total. The topological polar surface area (TPSA) is 83.0 Å². The second-order valence-corrected chi connectivity index (χ2v) is 4.61. The van der Waals surface area contributed by atoms with Gasteiger partial charge in [-0.05, 0) is 19.9 Å². The van der Waals surface area contributed by atoms with Crippen molar-refractivity contribution in [3.8, 4) is 0 Å². The molecule has 2 N–H and O–H groups in total. The SMILES string of the molecule is CCn1nc(C)c(N)c1C(=O)OCc1ccncc1Cl. The van der Waals surface area contributed by atoms with Crippen LogP contribution in [0.15, 0.2) is 18.5 Å². The van der Waals surface area contributed by atoms with Gasteiger partial charge in [0.15, 0.2) is 5.69 Å². The maximum absolute atomic E-state index is 12.1. The van der Waals surface area contributed by atoms with Crippen molar-refractivity contribution in [1.29, 1.82) is 0 Å². The summed E-state index contributed by atoms with van der Waals surface area (Å²) in [6.45, 7) is 4.23. The summed E-state index contributed by atoms with van der Waals surface area (Å²) >= 11 is 5.95. The van der Waals surface area contributed by atoms with E-state index in [0.717, 1.165) is 0 Å². The van der Waals surface area contributed by atoms with Gasteiger partial charge in [0, 0.05) is 24.5 Å². The number of rotatable bonds is 4. The molecular weight excluding hydrogens is 280 g/mol. The quantitative estimate of drug-likeness (QED) is 0.874. The maximum Gasteiger partial charge on any atom is 0.359 e. The van der Waals surface area contributed by atoms with Gasteiger partial charge in [-0.1, -0.05) is 11.6 Å². The Hall–Kier alpha value is -2.08. The number of carbonyl (C=O) groups is 1. The number of carbonyl (C=O) groups excluding carboxylic acids is 1. The molecule has 106 valence electrons. The molecule has 0 fully saturated rings. The zero-order valence-electron chi connectivity index (χ0n) is 11.3. The minimum Gasteiger partial charge on any atom is -0.456 e. The van der Waals surface area contributed by atoms with Crippen molar-refractivity contribution >= 4 is 23.3 Å². The van der Waals surface area contributed by atoms with E-state index >= 15 is 0 Å². The third kappa shape index (κ3) is 2.75. The number of anilines is 1. The second-order valence-electron chi connectivity index (χ2n) is 4.21. The van der Waals surface area contributed by atoms with E-state index in [1.165, 1.54) is 10.9 Å². The highest BCUT2D eigenvalue weighted by atomic mass is 35.5. The van der Waals surface area contributed by atoms with Crippen LogP contribution in [0.1, 0.15) is 28.7 Å². The number of nitrogen functional groups attached to an aromatic ring is 1. The molecule has 0 atom stereocenters. The highest BCUT2D eigenvalue weighted by Crippen LogP contribution is 2.19. The molecule has 2 rings (SSSR count). The first-order valence-corrected chi connectivity index (χ1v) is 6.50. The van der Waals surface area contributed by atoms with Crippen molar-refractivity contribution in [2.75, 3.05) is 5.73 Å². The van der Waals surface area contributed by atoms with Crippen LogP contribution in [0.4, 0.5) is 5.69 Å². The zero-order valence-corrected chi connectivity index (χ0v) is 12.0. The Morgan fingerprint density at radius 3 is 2.95 bits per heavy atom. The van der Waals surface area contributed by atoms with Crippen molar-refractivity contribution in [2.24, 2.45) is 0 Å². The molecule has 2 heterocycles. The van der Waals surface area contributed by atoms with Gasteiger partial charge in [-0.3, -0.25) is 9.67 Å². The fraction of sp³-hybridized carbons (Fsp3) is 0.308. The number of aromatic nitrogens is 3. The summed E-state index contributed by atoms with van der Waals surface area (Å²) in [7, 11) is 0. The van der Waals surface area contributed by atoms with E-state index in [1.54, 1.807) is 19.2 Å². The average molecular weight is 295 g/mol. The van der Waals surface area contributed by atoms with Gasteiger partial charge in [0.05, 0.1) is 16.4 Å². The molecule has 0 saturated carbocycles. The van der Waals surface area contributed by atoms with Gasteiger partial charge in [-0.25, -0.2) is 4.79 Å². The van der Waals surface area contributed by atoms with Crippen molar-refractivity contribution < 1.29 is 9.53 Å². The van der Waals surface area contributed by atoms with Crippen LogP contribution in [0.3, 0.4) is 0 Å². The van der Waals surface area contributed by atoms with E-state index in [0.29, 0.717) is 28.5 Å². The lowest BCUT2D eigenvalue weighted by atomic mass is 10.3. The Morgan fingerprint density at radius 2 is 2.30 bits per heavy atom. The Balaban J connectivity index is 2.15. The van der Waals surface area contributed by atoms with Crippen LogP contribution in [0.2, 0.25) is 5.02 Å². The predicted molar refractivity (Wildman–Crippen MR) is 75.4 cm³/mol. The molecule has 0 saturated heterocycles. The van der Waals surface area contributed by atoms with E-state index in [1.807, 2.05) is 6.92 Å². The van der Waals surface area contributed by atoms with E-state index in [2.05, 4.69) is 10.1 Å². The predicted octanol–water partition coefficient (Wildman–Crippen LogP) is 2.20. The Bertz CT molecular complexity index is 639. The third-order valence-corrected chi connectivity index (χ3v) is 3.22. The number of nitrogens with zero attached hydrogens (tertiary/aromatic N) is 3. The number of ether oxygens (including phenoxy) is 1. The number of aryl methyl sites for hydroxylation is 2. The number of hydrogen-bond acceptors (Lipinski definition) is 5. The van der Waals surface area contributed by atoms with Crippen LogP contribution in [0, 0.1) is 6.92 Å². The van der Waals surface area contributed by atoms with Crippen LogP contribution in [0.25, 0.3) is 0 Å². The van der Waals surface area contributed by atoms with E-state index in [9.17, 15) is 4.79 Å². The first kappa shape index (κ1) is 14.3. The fourth-order valence-electron chi connectivity index (χ4n) is 1.77. The lowest BCUT2D eigenvalue weighted by Gasteiger charge is -2.08. The third-order valence-electron chi connectivity index (χ3n) is 2.88. The van der Waals surface area contributed by atoms with Gasteiger partial charge in [-0.15, -0.1) is 0 Å². The van der Waals surface area contributed by atoms with Crippen molar-refractivity contribution in [1.82, 2.24) is 14.8 Å². The number of hydrogen-bond donors (Lipinski definition) is 1. The average Bonchev–Trinajstić information content (AvgIpc) is 2.73. The highest BCUT2D eigenvalue weighted by molar-refractivity contribution is 6.31. The van der Waals surface area contributed by atoms with Gasteiger partial charge < -0.3 is 10.5 Å². The molecule has 2 aromatic heterocycles. The first-order chi connectivity index (χ1) is 9.54. The van der Waals surface area contributed by atoms with Gasteiger partial charge in [0.2, 0.25) is 0 Å².